The summed E-state index contributed by atoms with van der Waals surface area (Å²) in [6.07, 6.45) is 8.08. The van der Waals surface area contributed by atoms with Gasteiger partial charge in [-0.05, 0) is 63.5 Å². The summed E-state index contributed by atoms with van der Waals surface area (Å²) in [6, 6.07) is 7.90. The van der Waals surface area contributed by atoms with Crippen LogP contribution in [0.3, 0.4) is 0 Å². The van der Waals surface area contributed by atoms with Crippen LogP contribution in [0.15, 0.2) is 48.8 Å². The van der Waals surface area contributed by atoms with Crippen LogP contribution in [0.25, 0.3) is 16.7 Å². The number of hydrogen-bond acceptors (Lipinski definition) is 8. The molecule has 0 saturated heterocycles. The lowest BCUT2D eigenvalue weighted by atomic mass is 9.85. The molecule has 2 aromatic carbocycles. The molecule has 6 rings (SSSR count). The Bertz CT molecular complexity index is 2100. The number of imidazole rings is 1. The van der Waals surface area contributed by atoms with Crippen molar-refractivity contribution in [2.75, 3.05) is 23.7 Å². The molecule has 0 aliphatic carbocycles. The number of rotatable bonds is 8. The molecule has 46 heavy (non-hydrogen) atoms. The zero-order valence-electron chi connectivity index (χ0n) is 27.3. The van der Waals surface area contributed by atoms with Crippen molar-refractivity contribution in [2.45, 2.75) is 72.5 Å². The standard InChI is InChI=1S/C35H40N4O6S/c1-8-21-17-34(4,5)38(9-2)27-15-29-25(13-23(21)27)32(33-36-11-12-37(33)19-31(40)41)26-14-24-22(20-46(42,43)44)18-35(6,7)39(10-3)28(24)16-30(26)45-29/h11-18H,8-10,19-20H2,1-7H3,(H-,40,41,42,43,44)/p-1. The molecule has 0 fully saturated rings. The first kappa shape index (κ1) is 31.7. The third-order valence-electron chi connectivity index (χ3n) is 9.26. The summed E-state index contributed by atoms with van der Waals surface area (Å²) < 4.78 is 46.9. The number of hydrogen-bond donors (Lipinski definition) is 0. The Morgan fingerprint density at radius 1 is 0.978 bits per heavy atom. The number of fused-ring (bicyclic) bond motifs is 4. The molecule has 0 saturated carbocycles. The van der Waals surface area contributed by atoms with Crippen molar-refractivity contribution in [1.82, 2.24) is 14.1 Å². The number of carboxylic acids is 1. The molecule has 11 heteroatoms. The number of anilines is 1. The molecule has 0 atom stereocenters. The molecular weight excluding hydrogens is 604 g/mol. The number of aliphatic carboxylic acids is 1. The van der Waals surface area contributed by atoms with Gasteiger partial charge in [0.25, 0.3) is 0 Å². The Hall–Kier alpha value is -4.22. The minimum atomic E-state index is -4.60. The van der Waals surface area contributed by atoms with Gasteiger partial charge >= 0.3 is 0 Å². The van der Waals surface area contributed by atoms with Gasteiger partial charge in [0.05, 0.1) is 40.0 Å². The highest BCUT2D eigenvalue weighted by atomic mass is 32.2. The van der Waals surface area contributed by atoms with Gasteiger partial charge in [-0.1, -0.05) is 13.0 Å². The zero-order chi connectivity index (χ0) is 33.3. The molecule has 0 unspecified atom stereocenters. The van der Waals surface area contributed by atoms with E-state index in [4.69, 9.17) is 4.74 Å². The number of benzene rings is 2. The molecule has 3 aliphatic heterocycles. The first-order valence-electron chi connectivity index (χ1n) is 15.6. The average molecular weight is 644 g/mol. The van der Waals surface area contributed by atoms with E-state index in [9.17, 15) is 22.9 Å². The Kier molecular flexibility index (Phi) is 7.56. The highest BCUT2D eigenvalue weighted by molar-refractivity contribution is 7.86. The molecule has 4 heterocycles. The fourth-order valence-corrected chi connectivity index (χ4v) is 8.13. The minimum absolute atomic E-state index is 0.220. The number of allylic oxidation sites excluding steroid dienone is 1. The summed E-state index contributed by atoms with van der Waals surface area (Å²) in [5.74, 6) is -0.383. The van der Waals surface area contributed by atoms with Gasteiger partial charge in [0.1, 0.15) is 23.9 Å². The molecule has 10 nitrogen and oxygen atoms in total. The third kappa shape index (κ3) is 5.25. The normalized spacial score (nSPS) is 17.7. The molecule has 3 aromatic rings. The molecule has 0 bridgehead atoms. The first-order chi connectivity index (χ1) is 21.6. The number of nitrogens with zero attached hydrogens (tertiary/aromatic N) is 4. The van der Waals surface area contributed by atoms with Crippen LogP contribution in [0.5, 0.6) is 11.5 Å². The summed E-state index contributed by atoms with van der Waals surface area (Å²) in [5.41, 5.74) is 4.48. The summed E-state index contributed by atoms with van der Waals surface area (Å²) in [5, 5.41) is 13.6. The van der Waals surface area contributed by atoms with E-state index in [1.54, 1.807) is 12.4 Å². The van der Waals surface area contributed by atoms with Gasteiger partial charge in [-0.3, -0.25) is 0 Å². The number of carbonyl (C=O) groups excluding carboxylic acids is 1. The van der Waals surface area contributed by atoms with E-state index >= 15 is 0 Å². The lowest BCUT2D eigenvalue weighted by Gasteiger charge is -2.43. The average Bonchev–Trinajstić information content (AvgIpc) is 3.39. The Balaban J connectivity index is 1.74. The van der Waals surface area contributed by atoms with Crippen LogP contribution < -0.4 is 29.9 Å². The highest BCUT2D eigenvalue weighted by Gasteiger charge is 2.37. The van der Waals surface area contributed by atoms with Gasteiger partial charge in [0.15, 0.2) is 5.54 Å². The number of carboxylic acid groups (broad SMARTS) is 1. The van der Waals surface area contributed by atoms with Gasteiger partial charge < -0.3 is 28.7 Å². The minimum Gasteiger partial charge on any atom is -0.748 e. The highest BCUT2D eigenvalue weighted by Crippen LogP contribution is 2.46. The second-order valence-electron chi connectivity index (χ2n) is 13.1. The van der Waals surface area contributed by atoms with Gasteiger partial charge in [0.2, 0.25) is 5.36 Å². The van der Waals surface area contributed by atoms with E-state index in [2.05, 4.69) is 60.4 Å². The number of carbonyl (C=O) groups is 1. The maximum absolute atomic E-state index is 12.1. The van der Waals surface area contributed by atoms with Crippen molar-refractivity contribution in [2.24, 2.45) is 0 Å². The van der Waals surface area contributed by atoms with E-state index in [0.29, 0.717) is 46.1 Å². The van der Waals surface area contributed by atoms with Crippen LogP contribution in [0.2, 0.25) is 0 Å². The van der Waals surface area contributed by atoms with E-state index in [1.165, 1.54) is 10.1 Å². The Morgan fingerprint density at radius 2 is 1.72 bits per heavy atom. The monoisotopic (exact) mass is 643 g/mol. The molecule has 0 spiro atoms. The lowest BCUT2D eigenvalue weighted by Crippen LogP contribution is -2.49. The zero-order valence-corrected chi connectivity index (χ0v) is 28.1. The Labute approximate surface area is 269 Å². The second-order valence-corrected chi connectivity index (χ2v) is 14.6. The maximum Gasteiger partial charge on any atom is 0.211 e. The van der Waals surface area contributed by atoms with Crippen LogP contribution in [0.4, 0.5) is 5.69 Å². The van der Waals surface area contributed by atoms with Crippen molar-refractivity contribution < 1.29 is 27.6 Å². The van der Waals surface area contributed by atoms with Gasteiger partial charge in [-0.2, -0.15) is 0 Å². The van der Waals surface area contributed by atoms with Crippen LogP contribution in [-0.2, 0) is 21.5 Å². The molecule has 3 aliphatic rings. The number of ether oxygens (including phenoxy) is 1. The smallest absolute Gasteiger partial charge is 0.211 e. The molecule has 242 valence electrons. The number of aromatic nitrogens is 2. The summed E-state index contributed by atoms with van der Waals surface area (Å²) in [6.45, 7) is 15.6. The predicted octanol–water partition coefficient (Wildman–Crippen LogP) is 2.63. The first-order valence-corrected chi connectivity index (χ1v) is 17.2. The van der Waals surface area contributed by atoms with Gasteiger partial charge in [0, 0.05) is 72.0 Å². The van der Waals surface area contributed by atoms with Crippen LogP contribution in [0, 0.1) is 0 Å². The van der Waals surface area contributed by atoms with Crippen molar-refractivity contribution in [3.63, 3.8) is 0 Å². The Morgan fingerprint density at radius 3 is 2.35 bits per heavy atom. The van der Waals surface area contributed by atoms with Crippen molar-refractivity contribution in [1.29, 1.82) is 0 Å². The predicted molar refractivity (Wildman–Crippen MR) is 175 cm³/mol. The lowest BCUT2D eigenvalue weighted by molar-refractivity contribution is -0.306. The SMILES string of the molecule is CCC1=CC(C)(C)[N+](CC)=c2cc3c(cc21)=C(c1nccn1CC(=O)[O-])c1cc2c(cc1O3)N(CC)C(C)(C)C=C2CS(=O)(=O)[O-]. The van der Waals surface area contributed by atoms with E-state index < -0.39 is 33.9 Å². The van der Waals surface area contributed by atoms with Crippen LogP contribution in [0.1, 0.15) is 77.4 Å². The van der Waals surface area contributed by atoms with Crippen molar-refractivity contribution >= 4 is 38.5 Å². The largest absolute Gasteiger partial charge is 0.748 e. The van der Waals surface area contributed by atoms with Gasteiger partial charge in [-0.25, -0.2) is 18.0 Å². The van der Waals surface area contributed by atoms with Crippen LogP contribution >= 0.6 is 0 Å². The van der Waals surface area contributed by atoms with Gasteiger partial charge in [-0.15, -0.1) is 0 Å². The maximum atomic E-state index is 12.1. The van der Waals surface area contributed by atoms with E-state index in [0.717, 1.165) is 34.8 Å². The third-order valence-corrected chi connectivity index (χ3v) is 9.92. The fourth-order valence-electron chi connectivity index (χ4n) is 7.51. The molecule has 0 N–H and O–H groups in total. The van der Waals surface area contributed by atoms with E-state index in [-0.39, 0.29) is 5.54 Å². The molecule has 0 radical (unpaired) electrons. The van der Waals surface area contributed by atoms with Crippen molar-refractivity contribution in [3.05, 3.63) is 81.9 Å². The summed E-state index contributed by atoms with van der Waals surface area (Å²) in [4.78, 5) is 18.6. The summed E-state index contributed by atoms with van der Waals surface area (Å²) >= 11 is 0. The quantitative estimate of drug-likeness (QED) is 0.212. The molecule has 0 amide bonds. The number of likely N-dealkylation sites (N-methyl/N-ethyl adjacent to an activating group) is 2. The fraction of sp³-hybridized carbons (Fsp3) is 0.400. The molecular formula is C35H39N4O6S-. The van der Waals surface area contributed by atoms with Crippen molar-refractivity contribution in [3.8, 4) is 11.5 Å². The molecule has 1 aromatic heterocycles. The van der Waals surface area contributed by atoms with E-state index in [1.807, 2.05) is 39.0 Å². The second kappa shape index (κ2) is 10.9. The van der Waals surface area contributed by atoms with Crippen LogP contribution in [-0.4, -0.2) is 58.4 Å². The topological polar surface area (TPSA) is 131 Å². The summed E-state index contributed by atoms with van der Waals surface area (Å²) in [7, 11) is -4.60.